The predicted octanol–water partition coefficient (Wildman–Crippen LogP) is 3.59. The topological polar surface area (TPSA) is 35.2 Å². The lowest BCUT2D eigenvalue weighted by Crippen LogP contribution is -2.37. The normalized spacial score (nSPS) is 20.8. The average molecular weight is 281 g/mol. The lowest BCUT2D eigenvalue weighted by molar-refractivity contribution is 0.178. The third-order valence-electron chi connectivity index (χ3n) is 4.69. The molecule has 0 saturated carbocycles. The molecular formula is C19H23NO. The van der Waals surface area contributed by atoms with E-state index < -0.39 is 0 Å². The van der Waals surface area contributed by atoms with Crippen LogP contribution < -0.4 is 10.5 Å². The summed E-state index contributed by atoms with van der Waals surface area (Å²) in [5, 5.41) is 0. The molecule has 2 aromatic carbocycles. The van der Waals surface area contributed by atoms with Crippen molar-refractivity contribution < 1.29 is 4.74 Å². The van der Waals surface area contributed by atoms with Gasteiger partial charge in [0.25, 0.3) is 0 Å². The quantitative estimate of drug-likeness (QED) is 0.909. The molecule has 1 aliphatic rings. The van der Waals surface area contributed by atoms with E-state index in [1.165, 1.54) is 17.5 Å². The van der Waals surface area contributed by atoms with Crippen molar-refractivity contribution in [3.63, 3.8) is 0 Å². The van der Waals surface area contributed by atoms with Crippen LogP contribution in [0.5, 0.6) is 5.75 Å². The third-order valence-corrected chi connectivity index (χ3v) is 4.69. The second-order valence-electron chi connectivity index (χ2n) is 6.06. The highest BCUT2D eigenvalue weighted by atomic mass is 16.5. The van der Waals surface area contributed by atoms with Crippen molar-refractivity contribution in [1.82, 2.24) is 0 Å². The van der Waals surface area contributed by atoms with Gasteiger partial charge in [0, 0.05) is 0 Å². The van der Waals surface area contributed by atoms with Crippen LogP contribution in [-0.2, 0) is 12.8 Å². The van der Waals surface area contributed by atoms with Crippen LogP contribution in [0.4, 0.5) is 0 Å². The largest absolute Gasteiger partial charge is 0.494 e. The monoisotopic (exact) mass is 281 g/mol. The standard InChI is InChI=1S/C19H23NO/c20-15-19(12-13-21-18-8-2-1-3-9-18)11-10-16-6-4-5-7-17(16)14-19/h1-9H,10-15,20H2. The fourth-order valence-corrected chi connectivity index (χ4v) is 3.26. The van der Waals surface area contributed by atoms with Gasteiger partial charge in [0.1, 0.15) is 5.75 Å². The highest BCUT2D eigenvalue weighted by molar-refractivity contribution is 5.31. The number of hydrogen-bond donors (Lipinski definition) is 1. The molecule has 1 aliphatic carbocycles. The van der Waals surface area contributed by atoms with Gasteiger partial charge in [0.15, 0.2) is 0 Å². The summed E-state index contributed by atoms with van der Waals surface area (Å²) in [4.78, 5) is 0. The number of aryl methyl sites for hydroxylation is 1. The molecule has 0 fully saturated rings. The van der Waals surface area contributed by atoms with E-state index in [0.717, 1.165) is 38.2 Å². The Labute approximate surface area is 126 Å². The Morgan fingerprint density at radius 2 is 1.67 bits per heavy atom. The molecular weight excluding hydrogens is 258 g/mol. The van der Waals surface area contributed by atoms with Gasteiger partial charge in [-0.05, 0) is 60.9 Å². The average Bonchev–Trinajstić information content (AvgIpc) is 2.56. The van der Waals surface area contributed by atoms with Crippen LogP contribution in [0, 0.1) is 5.41 Å². The lowest BCUT2D eigenvalue weighted by atomic mass is 9.70. The number of nitrogens with two attached hydrogens (primary N) is 1. The van der Waals surface area contributed by atoms with Gasteiger partial charge in [-0.1, -0.05) is 42.5 Å². The first kappa shape index (κ1) is 14.2. The van der Waals surface area contributed by atoms with Crippen LogP contribution in [-0.4, -0.2) is 13.2 Å². The zero-order valence-electron chi connectivity index (χ0n) is 12.4. The second-order valence-corrected chi connectivity index (χ2v) is 6.06. The molecule has 21 heavy (non-hydrogen) atoms. The number of fused-ring (bicyclic) bond motifs is 1. The van der Waals surface area contributed by atoms with Gasteiger partial charge in [-0.15, -0.1) is 0 Å². The van der Waals surface area contributed by atoms with E-state index in [1.54, 1.807) is 0 Å². The van der Waals surface area contributed by atoms with Crippen molar-refractivity contribution in [3.8, 4) is 5.75 Å². The van der Waals surface area contributed by atoms with E-state index in [0.29, 0.717) is 0 Å². The van der Waals surface area contributed by atoms with Crippen LogP contribution >= 0.6 is 0 Å². The van der Waals surface area contributed by atoms with Gasteiger partial charge in [0.05, 0.1) is 6.61 Å². The van der Waals surface area contributed by atoms with Gasteiger partial charge >= 0.3 is 0 Å². The van der Waals surface area contributed by atoms with E-state index in [1.807, 2.05) is 30.3 Å². The fraction of sp³-hybridized carbons (Fsp3) is 0.368. The minimum Gasteiger partial charge on any atom is -0.494 e. The first-order valence-corrected chi connectivity index (χ1v) is 7.76. The van der Waals surface area contributed by atoms with Crippen LogP contribution in [0.15, 0.2) is 54.6 Å². The van der Waals surface area contributed by atoms with Crippen LogP contribution in [0.25, 0.3) is 0 Å². The van der Waals surface area contributed by atoms with Crippen molar-refractivity contribution >= 4 is 0 Å². The van der Waals surface area contributed by atoms with Crippen molar-refractivity contribution in [2.45, 2.75) is 25.7 Å². The molecule has 2 nitrogen and oxygen atoms in total. The number of rotatable bonds is 5. The molecule has 110 valence electrons. The molecule has 1 atom stereocenters. The first-order chi connectivity index (χ1) is 10.3. The Hall–Kier alpha value is -1.80. The predicted molar refractivity (Wildman–Crippen MR) is 86.5 cm³/mol. The molecule has 1 unspecified atom stereocenters. The molecule has 0 heterocycles. The minimum atomic E-state index is 0.198. The summed E-state index contributed by atoms with van der Waals surface area (Å²) in [5.41, 5.74) is 9.27. The summed E-state index contributed by atoms with van der Waals surface area (Å²) in [7, 11) is 0. The maximum absolute atomic E-state index is 6.12. The highest BCUT2D eigenvalue weighted by Gasteiger charge is 2.32. The van der Waals surface area contributed by atoms with E-state index in [4.69, 9.17) is 10.5 Å². The van der Waals surface area contributed by atoms with Gasteiger partial charge in [-0.25, -0.2) is 0 Å². The van der Waals surface area contributed by atoms with E-state index >= 15 is 0 Å². The number of ether oxygens (including phenoxy) is 1. The zero-order valence-corrected chi connectivity index (χ0v) is 12.4. The molecule has 0 bridgehead atoms. The molecule has 0 saturated heterocycles. The number of para-hydroxylation sites is 1. The summed E-state index contributed by atoms with van der Waals surface area (Å²) in [6.07, 6.45) is 4.40. The van der Waals surface area contributed by atoms with Gasteiger partial charge in [0.2, 0.25) is 0 Å². The van der Waals surface area contributed by atoms with Crippen molar-refractivity contribution in [2.75, 3.05) is 13.2 Å². The zero-order chi connectivity index (χ0) is 14.5. The Balaban J connectivity index is 1.63. The molecule has 2 heteroatoms. The van der Waals surface area contributed by atoms with Crippen molar-refractivity contribution in [1.29, 1.82) is 0 Å². The van der Waals surface area contributed by atoms with Crippen LogP contribution in [0.1, 0.15) is 24.0 Å². The summed E-state index contributed by atoms with van der Waals surface area (Å²) in [6, 6.07) is 18.8. The Bertz CT molecular complexity index is 581. The molecule has 0 aromatic heterocycles. The van der Waals surface area contributed by atoms with Crippen LogP contribution in [0.3, 0.4) is 0 Å². The first-order valence-electron chi connectivity index (χ1n) is 7.76. The molecule has 0 radical (unpaired) electrons. The van der Waals surface area contributed by atoms with Crippen LogP contribution in [0.2, 0.25) is 0 Å². The van der Waals surface area contributed by atoms with Gasteiger partial charge < -0.3 is 10.5 Å². The lowest BCUT2D eigenvalue weighted by Gasteiger charge is -2.37. The van der Waals surface area contributed by atoms with E-state index in [9.17, 15) is 0 Å². The molecule has 0 spiro atoms. The maximum Gasteiger partial charge on any atom is 0.119 e. The van der Waals surface area contributed by atoms with E-state index in [2.05, 4.69) is 24.3 Å². The maximum atomic E-state index is 6.12. The highest BCUT2D eigenvalue weighted by Crippen LogP contribution is 2.37. The molecule has 0 aliphatic heterocycles. The summed E-state index contributed by atoms with van der Waals surface area (Å²) in [6.45, 7) is 1.48. The van der Waals surface area contributed by atoms with Gasteiger partial charge in [-0.2, -0.15) is 0 Å². The minimum absolute atomic E-state index is 0.198. The second kappa shape index (κ2) is 6.31. The van der Waals surface area contributed by atoms with Gasteiger partial charge in [-0.3, -0.25) is 0 Å². The third kappa shape index (κ3) is 3.27. The Kier molecular flexibility index (Phi) is 4.26. The number of benzene rings is 2. The molecule has 0 amide bonds. The fourth-order valence-electron chi connectivity index (χ4n) is 3.26. The van der Waals surface area contributed by atoms with Crippen molar-refractivity contribution in [2.24, 2.45) is 11.1 Å². The van der Waals surface area contributed by atoms with Crippen molar-refractivity contribution in [3.05, 3.63) is 65.7 Å². The summed E-state index contributed by atoms with van der Waals surface area (Å²) in [5.74, 6) is 0.945. The molecule has 2 N–H and O–H groups in total. The van der Waals surface area contributed by atoms with E-state index in [-0.39, 0.29) is 5.41 Å². The smallest absolute Gasteiger partial charge is 0.119 e. The SMILES string of the molecule is NCC1(CCOc2ccccc2)CCc2ccccc2C1. The Morgan fingerprint density at radius 1 is 0.952 bits per heavy atom. The summed E-state index contributed by atoms with van der Waals surface area (Å²) >= 11 is 0. The number of hydrogen-bond acceptors (Lipinski definition) is 2. The summed E-state index contributed by atoms with van der Waals surface area (Å²) < 4.78 is 5.87. The Morgan fingerprint density at radius 3 is 2.43 bits per heavy atom. The molecule has 2 aromatic rings. The molecule has 3 rings (SSSR count).